The number of rotatable bonds is 7. The summed E-state index contributed by atoms with van der Waals surface area (Å²) in [6, 6.07) is 9.95. The van der Waals surface area contributed by atoms with E-state index in [0.29, 0.717) is 5.41 Å². The van der Waals surface area contributed by atoms with Crippen LogP contribution in [0.5, 0.6) is 5.75 Å². The number of ether oxygens (including phenoxy) is 2. The minimum absolute atomic E-state index is 0.361. The number of para-hydroxylation sites is 1. The molecular weight excluding hydrogens is 214 g/mol. The van der Waals surface area contributed by atoms with E-state index < -0.39 is 0 Å². The highest BCUT2D eigenvalue weighted by Crippen LogP contribution is 2.24. The molecule has 1 aromatic carbocycles. The standard InChI is InChI=1S/C14H21NO2/c1-14(11-16-12-14)10-15-8-5-9-17-13-6-3-2-4-7-13/h2-4,6-7,15H,5,8-12H2,1H3. The Hall–Kier alpha value is -1.06. The zero-order valence-corrected chi connectivity index (χ0v) is 10.4. The molecule has 3 heteroatoms. The summed E-state index contributed by atoms with van der Waals surface area (Å²) < 4.78 is 10.8. The molecule has 0 unspecified atom stereocenters. The van der Waals surface area contributed by atoms with Gasteiger partial charge in [0.2, 0.25) is 0 Å². The third-order valence-corrected chi connectivity index (χ3v) is 2.96. The first kappa shape index (κ1) is 12.4. The first-order valence-electron chi connectivity index (χ1n) is 6.25. The Morgan fingerprint density at radius 1 is 1.29 bits per heavy atom. The Balaban J connectivity index is 1.49. The highest BCUT2D eigenvalue weighted by Gasteiger charge is 2.32. The van der Waals surface area contributed by atoms with E-state index in [4.69, 9.17) is 9.47 Å². The molecule has 94 valence electrons. The molecule has 17 heavy (non-hydrogen) atoms. The summed E-state index contributed by atoms with van der Waals surface area (Å²) >= 11 is 0. The van der Waals surface area contributed by atoms with Crippen LogP contribution in [0.25, 0.3) is 0 Å². The first-order chi connectivity index (χ1) is 8.29. The van der Waals surface area contributed by atoms with Crippen LogP contribution in [-0.4, -0.2) is 32.9 Å². The van der Waals surface area contributed by atoms with Crippen molar-refractivity contribution >= 4 is 0 Å². The van der Waals surface area contributed by atoms with E-state index in [1.807, 2.05) is 30.3 Å². The maximum Gasteiger partial charge on any atom is 0.119 e. The van der Waals surface area contributed by atoms with Gasteiger partial charge in [-0.3, -0.25) is 0 Å². The fraction of sp³-hybridized carbons (Fsp3) is 0.571. The molecule has 0 amide bonds. The lowest BCUT2D eigenvalue weighted by Crippen LogP contribution is -2.47. The fourth-order valence-electron chi connectivity index (χ4n) is 1.85. The van der Waals surface area contributed by atoms with Crippen molar-refractivity contribution in [3.05, 3.63) is 30.3 Å². The molecule has 0 bridgehead atoms. The Morgan fingerprint density at radius 2 is 2.06 bits per heavy atom. The van der Waals surface area contributed by atoms with Gasteiger partial charge in [0.15, 0.2) is 0 Å². The van der Waals surface area contributed by atoms with Gasteiger partial charge in [-0.05, 0) is 25.1 Å². The van der Waals surface area contributed by atoms with Gasteiger partial charge in [0.25, 0.3) is 0 Å². The van der Waals surface area contributed by atoms with Crippen molar-refractivity contribution in [1.82, 2.24) is 5.32 Å². The smallest absolute Gasteiger partial charge is 0.119 e. The molecule has 1 heterocycles. The van der Waals surface area contributed by atoms with E-state index in [0.717, 1.165) is 45.1 Å². The summed E-state index contributed by atoms with van der Waals surface area (Å²) in [7, 11) is 0. The molecule has 2 rings (SSSR count). The van der Waals surface area contributed by atoms with E-state index in [-0.39, 0.29) is 0 Å². The van der Waals surface area contributed by atoms with Crippen molar-refractivity contribution in [3.8, 4) is 5.75 Å². The number of benzene rings is 1. The van der Waals surface area contributed by atoms with Crippen LogP contribution in [0.3, 0.4) is 0 Å². The second kappa shape index (κ2) is 6.03. The van der Waals surface area contributed by atoms with E-state index in [1.165, 1.54) is 0 Å². The van der Waals surface area contributed by atoms with Crippen molar-refractivity contribution in [3.63, 3.8) is 0 Å². The summed E-state index contributed by atoms with van der Waals surface area (Å²) in [4.78, 5) is 0. The van der Waals surface area contributed by atoms with Crippen LogP contribution in [-0.2, 0) is 4.74 Å². The van der Waals surface area contributed by atoms with E-state index in [1.54, 1.807) is 0 Å². The minimum atomic E-state index is 0.361. The van der Waals surface area contributed by atoms with Gasteiger partial charge in [0.05, 0.1) is 19.8 Å². The number of nitrogens with one attached hydrogen (secondary N) is 1. The average Bonchev–Trinajstić information content (AvgIpc) is 2.33. The molecule has 3 nitrogen and oxygen atoms in total. The summed E-state index contributed by atoms with van der Waals surface area (Å²) in [5.41, 5.74) is 0.361. The molecule has 0 aromatic heterocycles. The maximum atomic E-state index is 5.61. The predicted octanol–water partition coefficient (Wildman–Crippen LogP) is 2.08. The Kier molecular flexibility index (Phi) is 4.40. The predicted molar refractivity (Wildman–Crippen MR) is 68.3 cm³/mol. The van der Waals surface area contributed by atoms with E-state index >= 15 is 0 Å². The summed E-state index contributed by atoms with van der Waals surface area (Å²) in [5, 5.41) is 3.45. The molecule has 1 N–H and O–H groups in total. The summed E-state index contributed by atoms with van der Waals surface area (Å²) in [6.07, 6.45) is 1.03. The molecular formula is C14H21NO2. The molecule has 1 aromatic rings. The zero-order chi connectivity index (χ0) is 12.0. The van der Waals surface area contributed by atoms with Gasteiger partial charge < -0.3 is 14.8 Å². The van der Waals surface area contributed by atoms with Gasteiger partial charge >= 0.3 is 0 Å². The largest absolute Gasteiger partial charge is 0.494 e. The molecule has 0 aliphatic carbocycles. The van der Waals surface area contributed by atoms with Crippen LogP contribution in [0.1, 0.15) is 13.3 Å². The van der Waals surface area contributed by atoms with Crippen LogP contribution in [0.4, 0.5) is 0 Å². The molecule has 0 radical (unpaired) electrons. The van der Waals surface area contributed by atoms with Crippen molar-refractivity contribution in [2.75, 3.05) is 32.9 Å². The quantitative estimate of drug-likeness (QED) is 0.734. The Labute approximate surface area is 103 Å². The van der Waals surface area contributed by atoms with E-state index in [2.05, 4.69) is 12.2 Å². The van der Waals surface area contributed by atoms with Crippen molar-refractivity contribution < 1.29 is 9.47 Å². The molecule has 1 fully saturated rings. The Bertz CT molecular complexity index is 322. The molecule has 1 saturated heterocycles. The highest BCUT2D eigenvalue weighted by molar-refractivity contribution is 5.20. The summed E-state index contributed by atoms with van der Waals surface area (Å²) in [5.74, 6) is 0.951. The molecule has 0 atom stereocenters. The second-order valence-electron chi connectivity index (χ2n) is 5.00. The van der Waals surface area contributed by atoms with E-state index in [9.17, 15) is 0 Å². The Morgan fingerprint density at radius 3 is 2.71 bits per heavy atom. The van der Waals surface area contributed by atoms with Crippen molar-refractivity contribution in [1.29, 1.82) is 0 Å². The lowest BCUT2D eigenvalue weighted by molar-refractivity contribution is -0.0989. The van der Waals surface area contributed by atoms with Gasteiger partial charge in [0, 0.05) is 12.0 Å². The first-order valence-corrected chi connectivity index (χ1v) is 6.25. The minimum Gasteiger partial charge on any atom is -0.494 e. The molecule has 0 spiro atoms. The summed E-state index contributed by atoms with van der Waals surface area (Å²) in [6.45, 7) is 6.84. The van der Waals surface area contributed by atoms with Crippen molar-refractivity contribution in [2.24, 2.45) is 5.41 Å². The monoisotopic (exact) mass is 235 g/mol. The molecule has 0 saturated carbocycles. The van der Waals surface area contributed by atoms with Crippen molar-refractivity contribution in [2.45, 2.75) is 13.3 Å². The van der Waals surface area contributed by atoms with Gasteiger partial charge in [-0.15, -0.1) is 0 Å². The van der Waals surface area contributed by atoms with Crippen LogP contribution in [0.2, 0.25) is 0 Å². The van der Waals surface area contributed by atoms with Gasteiger partial charge in [-0.25, -0.2) is 0 Å². The highest BCUT2D eigenvalue weighted by atomic mass is 16.5. The van der Waals surface area contributed by atoms with Crippen LogP contribution < -0.4 is 10.1 Å². The topological polar surface area (TPSA) is 30.5 Å². The zero-order valence-electron chi connectivity index (χ0n) is 10.4. The van der Waals surface area contributed by atoms with Crippen LogP contribution in [0, 0.1) is 5.41 Å². The molecule has 1 aliphatic heterocycles. The lowest BCUT2D eigenvalue weighted by atomic mass is 9.89. The lowest BCUT2D eigenvalue weighted by Gasteiger charge is -2.38. The third kappa shape index (κ3) is 4.02. The normalized spacial score (nSPS) is 17.5. The third-order valence-electron chi connectivity index (χ3n) is 2.96. The molecule has 1 aliphatic rings. The second-order valence-corrected chi connectivity index (χ2v) is 5.00. The van der Waals surface area contributed by atoms with Gasteiger partial charge in [-0.1, -0.05) is 25.1 Å². The number of hydrogen-bond acceptors (Lipinski definition) is 3. The van der Waals surface area contributed by atoms with Gasteiger partial charge in [-0.2, -0.15) is 0 Å². The van der Waals surface area contributed by atoms with Gasteiger partial charge in [0.1, 0.15) is 5.75 Å². The van der Waals surface area contributed by atoms with Crippen LogP contribution >= 0.6 is 0 Å². The fourth-order valence-corrected chi connectivity index (χ4v) is 1.85. The SMILES string of the molecule is CC1(CNCCCOc2ccccc2)COC1. The van der Waals surface area contributed by atoms with Crippen LogP contribution in [0.15, 0.2) is 30.3 Å². The average molecular weight is 235 g/mol. The maximum absolute atomic E-state index is 5.61. The number of hydrogen-bond donors (Lipinski definition) is 1.